The minimum atomic E-state index is 0.00217. The van der Waals surface area contributed by atoms with E-state index in [1.54, 1.807) is 6.26 Å². The molecule has 6 nitrogen and oxygen atoms in total. The lowest BCUT2D eigenvalue weighted by Gasteiger charge is -2.04. The van der Waals surface area contributed by atoms with E-state index in [2.05, 4.69) is 15.5 Å². The number of amides is 1. The van der Waals surface area contributed by atoms with Crippen LogP contribution >= 0.6 is 11.3 Å². The second-order valence-corrected chi connectivity index (χ2v) is 6.67. The van der Waals surface area contributed by atoms with Gasteiger partial charge >= 0.3 is 0 Å². The quantitative estimate of drug-likeness (QED) is 0.739. The summed E-state index contributed by atoms with van der Waals surface area (Å²) in [5.41, 5.74) is 2.78. The normalized spacial score (nSPS) is 11.0. The molecule has 126 valence electrons. The molecular formula is C17H19N3O3S. The number of furan rings is 1. The summed E-state index contributed by atoms with van der Waals surface area (Å²) in [5.74, 6) is 1.53. The van der Waals surface area contributed by atoms with Crippen molar-refractivity contribution in [2.75, 3.05) is 0 Å². The van der Waals surface area contributed by atoms with Gasteiger partial charge in [-0.15, -0.1) is 11.3 Å². The maximum atomic E-state index is 12.1. The lowest BCUT2D eigenvalue weighted by atomic mass is 10.1. The molecule has 3 rings (SSSR count). The summed E-state index contributed by atoms with van der Waals surface area (Å²) < 4.78 is 10.5. The molecule has 0 radical (unpaired) electrons. The third-order valence-electron chi connectivity index (χ3n) is 3.85. The molecule has 24 heavy (non-hydrogen) atoms. The second-order valence-electron chi connectivity index (χ2n) is 5.58. The predicted octanol–water partition coefficient (Wildman–Crippen LogP) is 3.57. The molecule has 1 N–H and O–H groups in total. The summed E-state index contributed by atoms with van der Waals surface area (Å²) in [4.78, 5) is 17.6. The standard InChI is InChI=1S/C17H19N3O3S/c1-10-13(12(3)23-20-10)6-7-16(21)18-9-15-11(2)19-17(24-15)14-5-4-8-22-14/h4-5,8H,6-7,9H2,1-3H3,(H,18,21). The van der Waals surface area contributed by atoms with E-state index < -0.39 is 0 Å². The molecule has 0 fully saturated rings. The Morgan fingerprint density at radius 1 is 1.29 bits per heavy atom. The molecule has 3 aromatic rings. The summed E-state index contributed by atoms with van der Waals surface area (Å²) in [5, 5.41) is 7.68. The van der Waals surface area contributed by atoms with Crippen LogP contribution in [0.25, 0.3) is 10.8 Å². The first-order valence-corrected chi connectivity index (χ1v) is 8.55. The Kier molecular flexibility index (Phi) is 4.80. The molecule has 0 saturated carbocycles. The number of nitrogens with zero attached hydrogens (tertiary/aromatic N) is 2. The SMILES string of the molecule is Cc1nc(-c2ccco2)sc1CNC(=O)CCc1c(C)noc1C. The van der Waals surface area contributed by atoms with Gasteiger partial charge in [0.25, 0.3) is 0 Å². The maximum absolute atomic E-state index is 12.1. The van der Waals surface area contributed by atoms with Gasteiger partial charge < -0.3 is 14.3 Å². The zero-order chi connectivity index (χ0) is 17.1. The molecule has 0 unspecified atom stereocenters. The van der Waals surface area contributed by atoms with Crippen LogP contribution in [0.4, 0.5) is 0 Å². The molecule has 0 saturated heterocycles. The number of rotatable bonds is 6. The second kappa shape index (κ2) is 7.00. The number of nitrogens with one attached hydrogen (secondary N) is 1. The van der Waals surface area contributed by atoms with Gasteiger partial charge in [-0.3, -0.25) is 4.79 Å². The summed E-state index contributed by atoms with van der Waals surface area (Å²) in [7, 11) is 0. The molecular weight excluding hydrogens is 326 g/mol. The lowest BCUT2D eigenvalue weighted by molar-refractivity contribution is -0.121. The van der Waals surface area contributed by atoms with Crippen molar-refractivity contribution in [3.8, 4) is 10.8 Å². The highest BCUT2D eigenvalue weighted by molar-refractivity contribution is 7.15. The van der Waals surface area contributed by atoms with Gasteiger partial charge in [0.05, 0.1) is 24.2 Å². The number of carbonyl (C=O) groups is 1. The highest BCUT2D eigenvalue weighted by atomic mass is 32.1. The molecule has 0 aliphatic heterocycles. The molecule has 1 amide bonds. The Bertz CT molecular complexity index is 814. The van der Waals surface area contributed by atoms with Crippen LogP contribution in [0.2, 0.25) is 0 Å². The van der Waals surface area contributed by atoms with Gasteiger partial charge in [-0.2, -0.15) is 0 Å². The Morgan fingerprint density at radius 2 is 2.12 bits per heavy atom. The van der Waals surface area contributed by atoms with Gasteiger partial charge in [-0.25, -0.2) is 4.98 Å². The Hall–Kier alpha value is -2.41. The van der Waals surface area contributed by atoms with E-state index in [0.717, 1.165) is 38.4 Å². The van der Waals surface area contributed by atoms with Crippen LogP contribution in [-0.2, 0) is 17.8 Å². The number of aromatic nitrogens is 2. The number of hydrogen-bond donors (Lipinski definition) is 1. The number of aryl methyl sites for hydroxylation is 3. The average molecular weight is 345 g/mol. The smallest absolute Gasteiger partial charge is 0.220 e. The van der Waals surface area contributed by atoms with Crippen LogP contribution in [0.1, 0.15) is 34.0 Å². The zero-order valence-electron chi connectivity index (χ0n) is 13.9. The predicted molar refractivity (Wildman–Crippen MR) is 90.7 cm³/mol. The number of carbonyl (C=O) groups excluding carboxylic acids is 1. The third kappa shape index (κ3) is 3.56. The monoisotopic (exact) mass is 345 g/mol. The van der Waals surface area contributed by atoms with Crippen molar-refractivity contribution >= 4 is 17.2 Å². The van der Waals surface area contributed by atoms with E-state index in [-0.39, 0.29) is 5.91 Å². The number of thiazole rings is 1. The summed E-state index contributed by atoms with van der Waals surface area (Å²) >= 11 is 1.54. The minimum Gasteiger partial charge on any atom is -0.462 e. The zero-order valence-corrected chi connectivity index (χ0v) is 14.7. The third-order valence-corrected chi connectivity index (χ3v) is 5.03. The van der Waals surface area contributed by atoms with E-state index in [4.69, 9.17) is 8.94 Å². The van der Waals surface area contributed by atoms with Crippen molar-refractivity contribution in [3.63, 3.8) is 0 Å². The fraction of sp³-hybridized carbons (Fsp3) is 0.353. The van der Waals surface area contributed by atoms with Crippen LogP contribution in [0.15, 0.2) is 27.3 Å². The van der Waals surface area contributed by atoms with Crippen LogP contribution in [0.5, 0.6) is 0 Å². The highest BCUT2D eigenvalue weighted by Crippen LogP contribution is 2.28. The molecule has 3 heterocycles. The molecule has 0 aliphatic rings. The fourth-order valence-corrected chi connectivity index (χ4v) is 3.43. The van der Waals surface area contributed by atoms with Crippen molar-refractivity contribution in [1.82, 2.24) is 15.5 Å². The molecule has 7 heteroatoms. The number of hydrogen-bond acceptors (Lipinski definition) is 6. The van der Waals surface area contributed by atoms with E-state index >= 15 is 0 Å². The van der Waals surface area contributed by atoms with Gasteiger partial charge in [-0.1, -0.05) is 5.16 Å². The Balaban J connectivity index is 1.55. The molecule has 0 bridgehead atoms. The first kappa shape index (κ1) is 16.4. The van der Waals surface area contributed by atoms with Crippen LogP contribution < -0.4 is 5.32 Å². The van der Waals surface area contributed by atoms with Crippen LogP contribution in [0.3, 0.4) is 0 Å². The fourth-order valence-electron chi connectivity index (χ4n) is 2.46. The summed E-state index contributed by atoms with van der Waals surface area (Å²) in [6, 6.07) is 3.71. The van der Waals surface area contributed by atoms with Gasteiger partial charge in [-0.05, 0) is 39.3 Å². The first-order valence-electron chi connectivity index (χ1n) is 7.73. The summed E-state index contributed by atoms with van der Waals surface area (Å²) in [6.07, 6.45) is 2.67. The van der Waals surface area contributed by atoms with E-state index in [9.17, 15) is 4.79 Å². The molecule has 3 aromatic heterocycles. The first-order chi connectivity index (χ1) is 11.5. The van der Waals surface area contributed by atoms with Gasteiger partial charge in [0.15, 0.2) is 10.8 Å². The van der Waals surface area contributed by atoms with Crippen molar-refractivity contribution in [2.24, 2.45) is 0 Å². The van der Waals surface area contributed by atoms with E-state index in [1.165, 1.54) is 11.3 Å². The molecule has 0 atom stereocenters. The molecule has 0 aliphatic carbocycles. The van der Waals surface area contributed by atoms with E-state index in [1.807, 2.05) is 32.9 Å². The van der Waals surface area contributed by atoms with Crippen molar-refractivity contribution in [2.45, 2.75) is 40.2 Å². The highest BCUT2D eigenvalue weighted by Gasteiger charge is 2.14. The summed E-state index contributed by atoms with van der Waals surface area (Å²) in [6.45, 7) is 6.17. The van der Waals surface area contributed by atoms with Gasteiger partial charge in [0.1, 0.15) is 5.76 Å². The Morgan fingerprint density at radius 3 is 2.79 bits per heavy atom. The van der Waals surface area contributed by atoms with Crippen molar-refractivity contribution in [3.05, 3.63) is 46.0 Å². The largest absolute Gasteiger partial charge is 0.462 e. The van der Waals surface area contributed by atoms with Crippen molar-refractivity contribution < 1.29 is 13.7 Å². The Labute approximate surface area is 143 Å². The van der Waals surface area contributed by atoms with Gasteiger partial charge in [0, 0.05) is 16.9 Å². The van der Waals surface area contributed by atoms with E-state index in [0.29, 0.717) is 19.4 Å². The minimum absolute atomic E-state index is 0.00217. The molecule has 0 spiro atoms. The molecule has 0 aromatic carbocycles. The topological polar surface area (TPSA) is 81.2 Å². The maximum Gasteiger partial charge on any atom is 0.220 e. The van der Waals surface area contributed by atoms with Gasteiger partial charge in [0.2, 0.25) is 5.91 Å². The van der Waals surface area contributed by atoms with Crippen LogP contribution in [-0.4, -0.2) is 16.0 Å². The van der Waals surface area contributed by atoms with Crippen LogP contribution in [0, 0.1) is 20.8 Å². The van der Waals surface area contributed by atoms with Crippen molar-refractivity contribution in [1.29, 1.82) is 0 Å². The lowest BCUT2D eigenvalue weighted by Crippen LogP contribution is -2.23. The average Bonchev–Trinajstić information content (AvgIpc) is 3.26.